The maximum absolute atomic E-state index is 14.9. The average molecular weight is 649 g/mol. The van der Waals surface area contributed by atoms with Crippen molar-refractivity contribution in [1.29, 1.82) is 0 Å². The maximum atomic E-state index is 14.9. The first-order chi connectivity index (χ1) is 21.9. The van der Waals surface area contributed by atoms with E-state index in [2.05, 4.69) is 72.2 Å². The Bertz CT molecular complexity index is 1300. The zero-order valence-corrected chi connectivity index (χ0v) is 31.4. The van der Waals surface area contributed by atoms with Crippen LogP contribution in [-0.4, -0.2) is 47.1 Å². The largest absolute Gasteiger partial charge is 0.393 e. The molecule has 1 heterocycles. The Kier molecular flexibility index (Phi) is 8.03. The van der Waals surface area contributed by atoms with Crippen LogP contribution in [0.1, 0.15) is 145 Å². The van der Waals surface area contributed by atoms with Crippen molar-refractivity contribution < 1.29 is 14.7 Å². The summed E-state index contributed by atoms with van der Waals surface area (Å²) in [6.07, 6.45) is 15.2. The Morgan fingerprint density at radius 3 is 2.13 bits per heavy atom. The normalized spacial score (nSPS) is 49.8. The molecule has 6 aliphatic carbocycles. The lowest BCUT2D eigenvalue weighted by Crippen LogP contribution is -2.68. The molecule has 6 saturated carbocycles. The van der Waals surface area contributed by atoms with Crippen LogP contribution in [0.25, 0.3) is 0 Å². The molecule has 0 aromatic carbocycles. The zero-order chi connectivity index (χ0) is 33.9. The molecule has 0 radical (unpaired) electrons. The summed E-state index contributed by atoms with van der Waals surface area (Å²) in [5.74, 6) is 3.13. The highest BCUT2D eigenvalue weighted by molar-refractivity contribution is 5.86. The minimum absolute atomic E-state index is 0.0122. The minimum Gasteiger partial charge on any atom is -0.393 e. The van der Waals surface area contributed by atoms with Gasteiger partial charge in [0, 0.05) is 25.0 Å². The summed E-state index contributed by atoms with van der Waals surface area (Å²) in [6, 6.07) is 0.0643. The topological polar surface area (TPSA) is 69.6 Å². The van der Waals surface area contributed by atoms with E-state index in [9.17, 15) is 14.7 Å². The molecule has 7 aliphatic rings. The number of piperidine rings is 1. The predicted molar refractivity (Wildman–Crippen MR) is 189 cm³/mol. The number of carbonyl (C=O) groups is 2. The Labute approximate surface area is 286 Å². The lowest BCUT2D eigenvalue weighted by molar-refractivity contribution is -0.246. The molecular formula is C42H68N2O3. The SMILES string of the molecule is C=C(C)[C@@H]1CC[C@]2(C(=O)N[C@H]3C[C@@H](C(=O)N4CCCCC4)C3(C)C)CC[C@]3(C)[C@H](CC[C@@H]4[C@@]5(C)CC[C@H](O)C(C)(C)[C@@H]5CC[C@]43C)[C@@H]12. The number of likely N-dealkylation sites (tertiary alicyclic amines) is 1. The number of nitrogens with zero attached hydrogens (tertiary/aromatic N) is 1. The molecule has 0 spiro atoms. The van der Waals surface area contributed by atoms with Gasteiger partial charge in [0.25, 0.3) is 0 Å². The van der Waals surface area contributed by atoms with E-state index in [1.807, 2.05) is 0 Å². The van der Waals surface area contributed by atoms with Crippen LogP contribution >= 0.6 is 0 Å². The van der Waals surface area contributed by atoms with Gasteiger partial charge in [-0.05, 0) is 153 Å². The third-order valence-electron chi connectivity index (χ3n) is 18.0. The molecule has 12 atom stereocenters. The van der Waals surface area contributed by atoms with E-state index in [4.69, 9.17) is 0 Å². The van der Waals surface area contributed by atoms with Gasteiger partial charge >= 0.3 is 0 Å². The number of amides is 2. The van der Waals surface area contributed by atoms with E-state index in [1.165, 1.54) is 37.7 Å². The summed E-state index contributed by atoms with van der Waals surface area (Å²) in [7, 11) is 0. The molecule has 47 heavy (non-hydrogen) atoms. The highest BCUT2D eigenvalue weighted by atomic mass is 16.3. The number of hydrogen-bond donors (Lipinski definition) is 2. The van der Waals surface area contributed by atoms with Gasteiger partial charge in [-0.25, -0.2) is 0 Å². The van der Waals surface area contributed by atoms with Gasteiger partial charge in [-0.2, -0.15) is 0 Å². The fraction of sp³-hybridized carbons (Fsp3) is 0.905. The summed E-state index contributed by atoms with van der Waals surface area (Å²) >= 11 is 0. The quantitative estimate of drug-likeness (QED) is 0.300. The van der Waals surface area contributed by atoms with Crippen LogP contribution in [0.15, 0.2) is 12.2 Å². The van der Waals surface area contributed by atoms with Crippen LogP contribution < -0.4 is 5.32 Å². The third kappa shape index (κ3) is 4.54. The van der Waals surface area contributed by atoms with Gasteiger partial charge in [0.1, 0.15) is 0 Å². The molecule has 0 unspecified atom stereocenters. The Morgan fingerprint density at radius 2 is 1.47 bits per heavy atom. The summed E-state index contributed by atoms with van der Waals surface area (Å²) in [6.45, 7) is 25.6. The van der Waals surface area contributed by atoms with Crippen molar-refractivity contribution in [1.82, 2.24) is 10.2 Å². The number of carbonyl (C=O) groups excluding carboxylic acids is 2. The average Bonchev–Trinajstić information content (AvgIpc) is 3.43. The van der Waals surface area contributed by atoms with Crippen LogP contribution in [0.3, 0.4) is 0 Å². The molecule has 264 valence electrons. The van der Waals surface area contributed by atoms with Crippen molar-refractivity contribution in [2.75, 3.05) is 13.1 Å². The molecular weight excluding hydrogens is 580 g/mol. The van der Waals surface area contributed by atoms with Gasteiger partial charge in [0.05, 0.1) is 11.5 Å². The van der Waals surface area contributed by atoms with E-state index in [1.54, 1.807) is 0 Å². The van der Waals surface area contributed by atoms with Crippen LogP contribution in [0.4, 0.5) is 0 Å². The molecule has 0 bridgehead atoms. The monoisotopic (exact) mass is 649 g/mol. The fourth-order valence-corrected chi connectivity index (χ4v) is 14.7. The lowest BCUT2D eigenvalue weighted by atomic mass is 9.32. The Balaban J connectivity index is 1.15. The second-order valence-corrected chi connectivity index (χ2v) is 20.2. The molecule has 1 saturated heterocycles. The third-order valence-corrected chi connectivity index (χ3v) is 18.0. The number of nitrogens with one attached hydrogen (secondary N) is 1. The smallest absolute Gasteiger partial charge is 0.226 e. The molecule has 0 aromatic heterocycles. The predicted octanol–water partition coefficient (Wildman–Crippen LogP) is 8.55. The van der Waals surface area contributed by atoms with Crippen LogP contribution in [0.5, 0.6) is 0 Å². The molecule has 5 heteroatoms. The first-order valence-corrected chi connectivity index (χ1v) is 19.9. The zero-order valence-electron chi connectivity index (χ0n) is 31.4. The van der Waals surface area contributed by atoms with Gasteiger partial charge in [-0.15, -0.1) is 0 Å². The molecule has 7 rings (SSSR count). The van der Waals surface area contributed by atoms with E-state index >= 15 is 0 Å². The number of fused-ring (bicyclic) bond motifs is 7. The van der Waals surface area contributed by atoms with E-state index in [0.717, 1.165) is 70.9 Å². The van der Waals surface area contributed by atoms with Gasteiger partial charge < -0.3 is 15.3 Å². The summed E-state index contributed by atoms with van der Waals surface area (Å²) in [5.41, 5.74) is 1.39. The van der Waals surface area contributed by atoms with Gasteiger partial charge in [-0.3, -0.25) is 9.59 Å². The van der Waals surface area contributed by atoms with E-state index in [-0.39, 0.29) is 50.6 Å². The van der Waals surface area contributed by atoms with Gasteiger partial charge in [-0.1, -0.05) is 60.6 Å². The standard InChI is InChI=1S/C42H68N2O3/c1-26(2)27-15-20-42(36(47)43-32-25-29(37(32,3)4)35(46)44-23-11-10-12-24-44)22-21-40(8)28(34(27)42)13-14-31-39(7)18-17-33(45)38(5,6)30(39)16-19-41(31,40)9/h27-34,45H,1,10-25H2,2-9H3,(H,43,47)/t27-,28+,29-,30-,31+,32-,33-,34+,39-,40+,41+,42-/m0/s1. The lowest BCUT2D eigenvalue weighted by Gasteiger charge is -2.72. The maximum Gasteiger partial charge on any atom is 0.226 e. The van der Waals surface area contributed by atoms with Gasteiger partial charge in [0.2, 0.25) is 11.8 Å². The molecule has 2 amide bonds. The Morgan fingerprint density at radius 1 is 0.766 bits per heavy atom. The van der Waals surface area contributed by atoms with Crippen molar-refractivity contribution >= 4 is 11.8 Å². The summed E-state index contributed by atoms with van der Waals surface area (Å²) in [4.78, 5) is 30.5. The number of aliphatic hydroxyl groups excluding tert-OH is 1. The number of hydrogen-bond acceptors (Lipinski definition) is 3. The van der Waals surface area contributed by atoms with Crippen LogP contribution in [-0.2, 0) is 9.59 Å². The molecule has 7 fully saturated rings. The van der Waals surface area contributed by atoms with Crippen molar-refractivity contribution in [3.63, 3.8) is 0 Å². The number of rotatable bonds is 4. The summed E-state index contributed by atoms with van der Waals surface area (Å²) < 4.78 is 0. The minimum atomic E-state index is -0.326. The molecule has 5 nitrogen and oxygen atoms in total. The van der Waals surface area contributed by atoms with E-state index < -0.39 is 0 Å². The first kappa shape index (κ1) is 34.1. The molecule has 1 aliphatic heterocycles. The van der Waals surface area contributed by atoms with Crippen LogP contribution in [0, 0.1) is 68.0 Å². The van der Waals surface area contributed by atoms with Crippen molar-refractivity contribution in [2.24, 2.45) is 68.0 Å². The van der Waals surface area contributed by atoms with Crippen molar-refractivity contribution in [3.05, 3.63) is 12.2 Å². The van der Waals surface area contributed by atoms with E-state index in [0.29, 0.717) is 41.4 Å². The fourth-order valence-electron chi connectivity index (χ4n) is 14.7. The second-order valence-electron chi connectivity index (χ2n) is 20.2. The van der Waals surface area contributed by atoms with Crippen molar-refractivity contribution in [3.8, 4) is 0 Å². The molecule has 0 aromatic rings. The number of allylic oxidation sites excluding steroid dienone is 1. The van der Waals surface area contributed by atoms with Crippen molar-refractivity contribution in [2.45, 2.75) is 157 Å². The molecule has 2 N–H and O–H groups in total. The highest BCUT2D eigenvalue weighted by Gasteiger charge is 2.72. The number of aliphatic hydroxyl groups is 1. The van der Waals surface area contributed by atoms with Crippen LogP contribution in [0.2, 0.25) is 0 Å². The first-order valence-electron chi connectivity index (χ1n) is 19.9. The Hall–Kier alpha value is -1.36. The summed E-state index contributed by atoms with van der Waals surface area (Å²) in [5, 5.41) is 14.8. The van der Waals surface area contributed by atoms with Gasteiger partial charge in [0.15, 0.2) is 0 Å². The highest BCUT2D eigenvalue weighted by Crippen LogP contribution is 2.77. The second kappa shape index (κ2) is 11.1.